The monoisotopic (exact) mass is 434 g/mol. The fraction of sp³-hybridized carbons (Fsp3) is 0.250. The van der Waals surface area contributed by atoms with Crippen molar-refractivity contribution in [3.05, 3.63) is 46.0 Å². The Morgan fingerprint density at radius 3 is 2.11 bits per heavy atom. The standard InChI is InChI=1S/C16H17N3O7S.K/c1-16(2,3)9-4-5-13(20)11(6-9)17-18-12-7-10(19(22)23)8-14(15(12)21)27(24,25)26;/h4-8,20-21H,1-3H3,(H,24,25,26);. The predicted octanol–water partition coefficient (Wildman–Crippen LogP) is 3.58. The Morgan fingerprint density at radius 2 is 1.61 bits per heavy atom. The van der Waals surface area contributed by atoms with Crippen molar-refractivity contribution in [2.24, 2.45) is 10.2 Å². The first-order chi connectivity index (χ1) is 12.3. The van der Waals surface area contributed by atoms with Crippen LogP contribution in [0.2, 0.25) is 0 Å². The number of azo groups is 1. The molecule has 0 aromatic heterocycles. The second-order valence-corrected chi connectivity index (χ2v) is 8.09. The van der Waals surface area contributed by atoms with E-state index in [9.17, 15) is 28.7 Å². The molecule has 12 heteroatoms. The predicted molar refractivity (Wildman–Crippen MR) is 101 cm³/mol. The van der Waals surface area contributed by atoms with Crippen LogP contribution in [0.15, 0.2) is 45.5 Å². The van der Waals surface area contributed by atoms with Crippen LogP contribution in [0.1, 0.15) is 26.3 Å². The van der Waals surface area contributed by atoms with E-state index in [2.05, 4.69) is 10.2 Å². The van der Waals surface area contributed by atoms with E-state index < -0.39 is 37.1 Å². The maximum absolute atomic E-state index is 11.3. The smallest absolute Gasteiger partial charge is 0.298 e. The van der Waals surface area contributed by atoms with Crippen LogP contribution < -0.4 is 0 Å². The van der Waals surface area contributed by atoms with Crippen LogP contribution in [0.4, 0.5) is 17.1 Å². The van der Waals surface area contributed by atoms with Gasteiger partial charge in [-0.2, -0.15) is 8.42 Å². The number of rotatable bonds is 4. The average Bonchev–Trinajstić information content (AvgIpc) is 2.52. The molecule has 3 N–H and O–H groups in total. The second kappa shape index (κ2) is 8.94. The summed E-state index contributed by atoms with van der Waals surface area (Å²) in [6.45, 7) is 5.81. The van der Waals surface area contributed by atoms with Crippen molar-refractivity contribution >= 4 is 78.6 Å². The van der Waals surface area contributed by atoms with Gasteiger partial charge in [0.25, 0.3) is 15.8 Å². The Labute approximate surface area is 203 Å². The molecule has 10 nitrogen and oxygen atoms in total. The van der Waals surface area contributed by atoms with Gasteiger partial charge in [-0.3, -0.25) is 14.7 Å². The third-order valence-electron chi connectivity index (χ3n) is 3.64. The minimum atomic E-state index is -4.93. The molecule has 0 atom stereocenters. The average molecular weight is 434 g/mol. The van der Waals surface area contributed by atoms with Crippen LogP contribution >= 0.6 is 0 Å². The number of phenolic OH excluding ortho intramolecular Hbond substituents is 2. The van der Waals surface area contributed by atoms with Crippen LogP contribution in [-0.4, -0.2) is 79.5 Å². The van der Waals surface area contributed by atoms with E-state index in [0.717, 1.165) is 11.6 Å². The molecular weight excluding hydrogens is 417 g/mol. The van der Waals surface area contributed by atoms with Gasteiger partial charge in [-0.25, -0.2) is 0 Å². The van der Waals surface area contributed by atoms with Gasteiger partial charge in [0.15, 0.2) is 5.75 Å². The molecule has 0 fully saturated rings. The Balaban J connectivity index is 0.00000392. The summed E-state index contributed by atoms with van der Waals surface area (Å²) < 4.78 is 31.8. The summed E-state index contributed by atoms with van der Waals surface area (Å²) in [6, 6.07) is 5.91. The first-order valence-corrected chi connectivity index (χ1v) is 8.99. The van der Waals surface area contributed by atoms with Crippen molar-refractivity contribution in [3.8, 4) is 11.5 Å². The van der Waals surface area contributed by atoms with Crippen LogP contribution in [0.5, 0.6) is 11.5 Å². The number of hydrogen-bond donors (Lipinski definition) is 3. The van der Waals surface area contributed by atoms with Gasteiger partial charge in [-0.15, -0.1) is 10.2 Å². The van der Waals surface area contributed by atoms with Gasteiger partial charge in [0, 0.05) is 63.5 Å². The zero-order valence-corrected chi connectivity index (χ0v) is 19.6. The van der Waals surface area contributed by atoms with E-state index in [1.807, 2.05) is 20.8 Å². The maximum atomic E-state index is 11.3. The molecule has 2 rings (SSSR count). The molecule has 1 radical (unpaired) electrons. The quantitative estimate of drug-likeness (QED) is 0.218. The summed E-state index contributed by atoms with van der Waals surface area (Å²) in [5.41, 5.74) is -0.707. The van der Waals surface area contributed by atoms with Crippen LogP contribution in [0.25, 0.3) is 0 Å². The van der Waals surface area contributed by atoms with Crippen molar-refractivity contribution < 1.29 is 28.1 Å². The Bertz CT molecular complexity index is 1050. The van der Waals surface area contributed by atoms with E-state index in [4.69, 9.17) is 4.55 Å². The van der Waals surface area contributed by atoms with E-state index in [-0.39, 0.29) is 68.2 Å². The van der Waals surface area contributed by atoms with Crippen molar-refractivity contribution in [3.63, 3.8) is 0 Å². The number of phenols is 2. The molecule has 0 saturated heterocycles. The number of nitro benzene ring substituents is 1. The molecule has 0 amide bonds. The molecule has 0 aliphatic rings. The van der Waals surface area contributed by atoms with Gasteiger partial charge in [-0.05, 0) is 23.1 Å². The summed E-state index contributed by atoms with van der Waals surface area (Å²) in [5, 5.41) is 38.2. The van der Waals surface area contributed by atoms with Crippen molar-refractivity contribution in [1.82, 2.24) is 0 Å². The molecule has 0 heterocycles. The Hall–Kier alpha value is -1.41. The van der Waals surface area contributed by atoms with Gasteiger partial charge in [0.2, 0.25) is 0 Å². The molecule has 0 saturated carbocycles. The summed E-state index contributed by atoms with van der Waals surface area (Å²) in [4.78, 5) is 8.98. The topological polar surface area (TPSA) is 163 Å². The summed E-state index contributed by atoms with van der Waals surface area (Å²) >= 11 is 0. The summed E-state index contributed by atoms with van der Waals surface area (Å²) in [6.07, 6.45) is 0. The van der Waals surface area contributed by atoms with Gasteiger partial charge < -0.3 is 10.2 Å². The number of nitro groups is 1. The minimum absolute atomic E-state index is 0. The number of non-ortho nitro benzene ring substituents is 1. The molecule has 2 aromatic carbocycles. The van der Waals surface area contributed by atoms with Crippen molar-refractivity contribution in [2.75, 3.05) is 0 Å². The number of nitrogens with zero attached hydrogens (tertiary/aromatic N) is 3. The van der Waals surface area contributed by atoms with Crippen molar-refractivity contribution in [1.29, 1.82) is 0 Å². The molecular formula is C16H17KN3O7S. The molecule has 0 aliphatic carbocycles. The molecule has 0 unspecified atom stereocenters. The largest absolute Gasteiger partial charge is 0.506 e. The molecule has 2 aromatic rings. The third kappa shape index (κ3) is 5.79. The number of benzene rings is 2. The van der Waals surface area contributed by atoms with Crippen LogP contribution in [0, 0.1) is 10.1 Å². The SMILES string of the molecule is CC(C)(C)c1ccc(O)c(N=Nc2cc([N+](=O)[O-])cc(S(=O)(=O)O)c2O)c1.[K]. The van der Waals surface area contributed by atoms with E-state index in [0.29, 0.717) is 6.07 Å². The number of hydrogen-bond acceptors (Lipinski definition) is 8. The van der Waals surface area contributed by atoms with Gasteiger partial charge in [0.1, 0.15) is 22.0 Å². The minimum Gasteiger partial charge on any atom is -0.506 e. The molecule has 0 bridgehead atoms. The Kier molecular flexibility index (Phi) is 7.86. The molecule has 28 heavy (non-hydrogen) atoms. The zero-order valence-electron chi connectivity index (χ0n) is 15.6. The zero-order chi connectivity index (χ0) is 20.6. The molecule has 145 valence electrons. The fourth-order valence-corrected chi connectivity index (χ4v) is 2.75. The normalized spacial score (nSPS) is 12.0. The first kappa shape index (κ1) is 24.6. The Morgan fingerprint density at radius 1 is 1.04 bits per heavy atom. The van der Waals surface area contributed by atoms with E-state index >= 15 is 0 Å². The second-order valence-electron chi connectivity index (χ2n) is 6.70. The van der Waals surface area contributed by atoms with Gasteiger partial charge in [-0.1, -0.05) is 26.8 Å². The van der Waals surface area contributed by atoms with E-state index in [1.165, 1.54) is 12.1 Å². The van der Waals surface area contributed by atoms with Gasteiger partial charge >= 0.3 is 0 Å². The fourth-order valence-electron chi connectivity index (χ4n) is 2.14. The van der Waals surface area contributed by atoms with Gasteiger partial charge in [0.05, 0.1) is 4.92 Å². The summed E-state index contributed by atoms with van der Waals surface area (Å²) in [5.74, 6) is -1.23. The molecule has 0 aliphatic heterocycles. The maximum Gasteiger partial charge on any atom is 0.298 e. The number of aromatic hydroxyl groups is 2. The third-order valence-corrected chi connectivity index (χ3v) is 4.50. The first-order valence-electron chi connectivity index (χ1n) is 7.55. The van der Waals surface area contributed by atoms with Crippen LogP contribution in [-0.2, 0) is 15.5 Å². The van der Waals surface area contributed by atoms with E-state index in [1.54, 1.807) is 6.07 Å². The summed E-state index contributed by atoms with van der Waals surface area (Å²) in [7, 11) is -4.93. The van der Waals surface area contributed by atoms with Crippen molar-refractivity contribution in [2.45, 2.75) is 31.1 Å². The molecule has 0 spiro atoms. The van der Waals surface area contributed by atoms with Crippen LogP contribution in [0.3, 0.4) is 0 Å².